The van der Waals surface area contributed by atoms with Gasteiger partial charge in [-0.2, -0.15) is 0 Å². The number of amides is 1. The highest BCUT2D eigenvalue weighted by molar-refractivity contribution is 6.46. The Labute approximate surface area is 203 Å². The zero-order valence-electron chi connectivity index (χ0n) is 19.3. The second kappa shape index (κ2) is 9.47. The van der Waals surface area contributed by atoms with Gasteiger partial charge >= 0.3 is 0 Å². The van der Waals surface area contributed by atoms with Crippen molar-refractivity contribution in [2.75, 3.05) is 13.7 Å². The molecule has 1 saturated heterocycles. The number of aliphatic hydroxyl groups is 1. The Morgan fingerprint density at radius 2 is 1.54 bits per heavy atom. The maximum absolute atomic E-state index is 13.2. The molecule has 1 atom stereocenters. The van der Waals surface area contributed by atoms with E-state index < -0.39 is 17.7 Å². The number of fused-ring (bicyclic) bond motifs is 1. The van der Waals surface area contributed by atoms with Crippen molar-refractivity contribution >= 4 is 28.2 Å². The fraction of sp³-hybridized carbons (Fsp3) is 0.133. The van der Waals surface area contributed by atoms with Crippen LogP contribution in [0.2, 0.25) is 0 Å². The van der Waals surface area contributed by atoms with E-state index in [-0.39, 0.29) is 11.3 Å². The predicted molar refractivity (Wildman–Crippen MR) is 136 cm³/mol. The molecule has 1 heterocycles. The Bertz CT molecular complexity index is 1420. The van der Waals surface area contributed by atoms with Crippen LogP contribution >= 0.6 is 0 Å². The van der Waals surface area contributed by atoms with Gasteiger partial charge in [0.15, 0.2) is 0 Å². The van der Waals surface area contributed by atoms with E-state index in [1.165, 1.54) is 0 Å². The molecule has 4 aromatic rings. The average molecular weight is 464 g/mol. The van der Waals surface area contributed by atoms with E-state index in [0.29, 0.717) is 18.5 Å². The molecule has 0 aliphatic carbocycles. The number of rotatable bonds is 6. The monoisotopic (exact) mass is 463 g/mol. The summed E-state index contributed by atoms with van der Waals surface area (Å²) in [4.78, 5) is 28.0. The van der Waals surface area contributed by atoms with Crippen molar-refractivity contribution in [2.45, 2.75) is 12.5 Å². The number of carbonyl (C=O) groups is 2. The number of benzene rings is 4. The van der Waals surface area contributed by atoms with E-state index >= 15 is 0 Å². The molecule has 0 aromatic heterocycles. The molecular weight excluding hydrogens is 438 g/mol. The summed E-state index contributed by atoms with van der Waals surface area (Å²) in [5.41, 5.74) is 2.43. The van der Waals surface area contributed by atoms with Crippen LogP contribution in [0.4, 0.5) is 0 Å². The SMILES string of the molecule is COc1ccc(CCN2C(=O)C(=O)/C(=C(\O)c3ccc4ccccc4c3)C2c2ccccc2)cc1. The summed E-state index contributed by atoms with van der Waals surface area (Å²) in [7, 11) is 1.61. The first-order valence-electron chi connectivity index (χ1n) is 11.5. The molecule has 0 radical (unpaired) electrons. The molecule has 35 heavy (non-hydrogen) atoms. The molecule has 1 fully saturated rings. The number of likely N-dealkylation sites (tertiary alicyclic amines) is 1. The highest BCUT2D eigenvalue weighted by Gasteiger charge is 2.45. The number of hydrogen-bond acceptors (Lipinski definition) is 4. The third-order valence-electron chi connectivity index (χ3n) is 6.48. The Morgan fingerprint density at radius 1 is 0.857 bits per heavy atom. The van der Waals surface area contributed by atoms with Crippen molar-refractivity contribution in [1.29, 1.82) is 0 Å². The number of ether oxygens (including phenoxy) is 1. The molecule has 0 bridgehead atoms. The molecule has 1 aliphatic rings. The molecule has 0 spiro atoms. The lowest BCUT2D eigenvalue weighted by Gasteiger charge is -2.25. The number of methoxy groups -OCH3 is 1. The molecule has 174 valence electrons. The maximum atomic E-state index is 13.2. The van der Waals surface area contributed by atoms with Crippen molar-refractivity contribution < 1.29 is 19.4 Å². The first kappa shape index (κ1) is 22.4. The fourth-order valence-corrected chi connectivity index (χ4v) is 4.63. The van der Waals surface area contributed by atoms with Gasteiger partial charge in [0.05, 0.1) is 18.7 Å². The van der Waals surface area contributed by atoms with Gasteiger partial charge in [0.2, 0.25) is 0 Å². The fourth-order valence-electron chi connectivity index (χ4n) is 4.63. The van der Waals surface area contributed by atoms with Gasteiger partial charge in [-0.15, -0.1) is 0 Å². The highest BCUT2D eigenvalue weighted by atomic mass is 16.5. The van der Waals surface area contributed by atoms with E-state index in [1.807, 2.05) is 91.0 Å². The topological polar surface area (TPSA) is 66.8 Å². The van der Waals surface area contributed by atoms with Crippen molar-refractivity contribution in [3.05, 3.63) is 119 Å². The lowest BCUT2D eigenvalue weighted by Crippen LogP contribution is -2.31. The van der Waals surface area contributed by atoms with Crippen LogP contribution in [0.3, 0.4) is 0 Å². The number of ketones is 1. The molecule has 5 nitrogen and oxygen atoms in total. The molecule has 4 aromatic carbocycles. The Morgan fingerprint density at radius 3 is 2.26 bits per heavy atom. The smallest absolute Gasteiger partial charge is 0.295 e. The second-order valence-electron chi connectivity index (χ2n) is 8.56. The average Bonchev–Trinajstić information content (AvgIpc) is 3.17. The first-order chi connectivity index (χ1) is 17.1. The lowest BCUT2D eigenvalue weighted by molar-refractivity contribution is -0.139. The highest BCUT2D eigenvalue weighted by Crippen LogP contribution is 2.39. The van der Waals surface area contributed by atoms with Gasteiger partial charge in [0.1, 0.15) is 11.5 Å². The Hall–Kier alpha value is -4.38. The molecule has 1 N–H and O–H groups in total. The number of nitrogens with zero attached hydrogens (tertiary/aromatic N) is 1. The zero-order chi connectivity index (χ0) is 24.4. The van der Waals surface area contributed by atoms with Crippen molar-refractivity contribution in [2.24, 2.45) is 0 Å². The molecule has 5 heteroatoms. The normalized spacial score (nSPS) is 17.2. The van der Waals surface area contributed by atoms with Gasteiger partial charge in [0, 0.05) is 12.1 Å². The molecule has 1 amide bonds. The summed E-state index contributed by atoms with van der Waals surface area (Å²) in [6.07, 6.45) is 0.566. The van der Waals surface area contributed by atoms with Crippen molar-refractivity contribution in [3.63, 3.8) is 0 Å². The van der Waals surface area contributed by atoms with Crippen LogP contribution in [0, 0.1) is 0 Å². The first-order valence-corrected chi connectivity index (χ1v) is 11.5. The van der Waals surface area contributed by atoms with Gasteiger partial charge in [-0.1, -0.05) is 78.9 Å². The van der Waals surface area contributed by atoms with Gasteiger partial charge in [-0.3, -0.25) is 9.59 Å². The summed E-state index contributed by atoms with van der Waals surface area (Å²) in [5.74, 6) is -0.669. The van der Waals surface area contributed by atoms with Crippen LogP contribution in [-0.2, 0) is 16.0 Å². The van der Waals surface area contributed by atoms with E-state index in [4.69, 9.17) is 4.74 Å². The molecule has 5 rings (SSSR count). The largest absolute Gasteiger partial charge is 0.507 e. The summed E-state index contributed by atoms with van der Waals surface area (Å²) in [5, 5.41) is 13.3. The molecule has 0 saturated carbocycles. The van der Waals surface area contributed by atoms with Gasteiger partial charge in [-0.05, 0) is 46.5 Å². The van der Waals surface area contributed by atoms with Crippen molar-refractivity contribution in [3.8, 4) is 5.75 Å². The summed E-state index contributed by atoms with van der Waals surface area (Å²) < 4.78 is 5.22. The maximum Gasteiger partial charge on any atom is 0.295 e. The van der Waals surface area contributed by atoms with E-state index in [0.717, 1.165) is 27.6 Å². The van der Waals surface area contributed by atoms with Gasteiger partial charge in [-0.25, -0.2) is 0 Å². The summed E-state index contributed by atoms with van der Waals surface area (Å²) in [6, 6.07) is 29.7. The number of Topliss-reactive ketones (excluding diaryl/α,β-unsaturated/α-hetero) is 1. The zero-order valence-corrected chi connectivity index (χ0v) is 19.3. The van der Waals surface area contributed by atoms with Crippen LogP contribution in [0.5, 0.6) is 5.75 Å². The van der Waals surface area contributed by atoms with Crippen LogP contribution in [0.15, 0.2) is 103 Å². The Balaban J connectivity index is 1.55. The van der Waals surface area contributed by atoms with Crippen LogP contribution in [0.25, 0.3) is 16.5 Å². The van der Waals surface area contributed by atoms with Crippen LogP contribution in [0.1, 0.15) is 22.7 Å². The number of hydrogen-bond donors (Lipinski definition) is 1. The molecule has 1 unspecified atom stereocenters. The summed E-state index contributed by atoms with van der Waals surface area (Å²) >= 11 is 0. The minimum atomic E-state index is -0.667. The van der Waals surface area contributed by atoms with E-state index in [9.17, 15) is 14.7 Å². The summed E-state index contributed by atoms with van der Waals surface area (Å²) in [6.45, 7) is 0.338. The minimum Gasteiger partial charge on any atom is -0.507 e. The van der Waals surface area contributed by atoms with Gasteiger partial charge < -0.3 is 14.7 Å². The van der Waals surface area contributed by atoms with E-state index in [1.54, 1.807) is 18.1 Å². The molecule has 1 aliphatic heterocycles. The van der Waals surface area contributed by atoms with E-state index in [2.05, 4.69) is 0 Å². The predicted octanol–water partition coefficient (Wildman–Crippen LogP) is 5.51. The third kappa shape index (κ3) is 4.28. The standard InChI is InChI=1S/C30H25NO4/c1-35-25-15-11-20(12-16-25)17-18-31-27(22-8-3-2-4-9-22)26(29(33)30(31)34)28(32)24-14-13-21-7-5-6-10-23(21)19-24/h2-16,19,27,32H,17-18H2,1H3/b28-26-. The van der Waals surface area contributed by atoms with Gasteiger partial charge in [0.25, 0.3) is 11.7 Å². The third-order valence-corrected chi connectivity index (χ3v) is 6.48. The van der Waals surface area contributed by atoms with Crippen molar-refractivity contribution in [1.82, 2.24) is 4.90 Å². The molecular formula is C30H25NO4. The number of carbonyl (C=O) groups excluding carboxylic acids is 2. The Kier molecular flexibility index (Phi) is 6.06. The number of aliphatic hydroxyl groups excluding tert-OH is 1. The second-order valence-corrected chi connectivity index (χ2v) is 8.56. The van der Waals surface area contributed by atoms with Crippen LogP contribution < -0.4 is 4.74 Å². The quantitative estimate of drug-likeness (QED) is 0.233. The van der Waals surface area contributed by atoms with Crippen LogP contribution in [-0.4, -0.2) is 35.4 Å². The minimum absolute atomic E-state index is 0.117. The lowest BCUT2D eigenvalue weighted by atomic mass is 9.94.